The molecule has 25 heavy (non-hydrogen) atoms. The number of fused-ring (bicyclic) bond motifs is 1. The third-order valence-corrected chi connectivity index (χ3v) is 6.45. The van der Waals surface area contributed by atoms with Gasteiger partial charge in [-0.2, -0.15) is 0 Å². The van der Waals surface area contributed by atoms with Crippen LogP contribution in [0.3, 0.4) is 0 Å². The molecule has 0 amide bonds. The number of benzene rings is 1. The molecule has 0 aliphatic carbocycles. The molecule has 0 radical (unpaired) electrons. The summed E-state index contributed by atoms with van der Waals surface area (Å²) in [7, 11) is 0. The number of likely N-dealkylation sites (tertiary alicyclic amines) is 1. The SMILES string of the molecule is O[C@]12CCNC[C@H]1CN(CCN1CCN(c3ccccc3)CC1)CC2. The summed E-state index contributed by atoms with van der Waals surface area (Å²) in [6.07, 6.45) is 1.87. The highest BCUT2D eigenvalue weighted by atomic mass is 16.3. The number of piperazine rings is 1. The van der Waals surface area contributed by atoms with Gasteiger partial charge >= 0.3 is 0 Å². The zero-order chi connectivity index (χ0) is 17.1. The van der Waals surface area contributed by atoms with Crippen molar-refractivity contribution in [1.29, 1.82) is 0 Å². The lowest BCUT2D eigenvalue weighted by Crippen LogP contribution is -2.59. The number of nitrogens with one attached hydrogen (secondary N) is 1. The lowest BCUT2D eigenvalue weighted by atomic mass is 9.76. The molecule has 0 unspecified atom stereocenters. The Hall–Kier alpha value is -1.14. The van der Waals surface area contributed by atoms with Crippen molar-refractivity contribution in [2.45, 2.75) is 18.4 Å². The Bertz CT molecular complexity index is 546. The summed E-state index contributed by atoms with van der Waals surface area (Å²) in [5.41, 5.74) is 0.950. The van der Waals surface area contributed by atoms with Gasteiger partial charge in [-0.05, 0) is 31.5 Å². The second-order valence-corrected chi connectivity index (χ2v) is 7.97. The monoisotopic (exact) mass is 344 g/mol. The van der Waals surface area contributed by atoms with E-state index < -0.39 is 5.60 Å². The maximum Gasteiger partial charge on any atom is 0.0724 e. The number of aliphatic hydroxyl groups is 1. The van der Waals surface area contributed by atoms with Gasteiger partial charge < -0.3 is 20.2 Å². The van der Waals surface area contributed by atoms with Crippen LogP contribution in [0.25, 0.3) is 0 Å². The van der Waals surface area contributed by atoms with Gasteiger partial charge in [0, 0.05) is 70.5 Å². The molecule has 1 aromatic carbocycles. The van der Waals surface area contributed by atoms with Crippen molar-refractivity contribution in [2.75, 3.05) is 70.3 Å². The van der Waals surface area contributed by atoms with Crippen LogP contribution in [0.15, 0.2) is 30.3 Å². The van der Waals surface area contributed by atoms with Gasteiger partial charge in [0.25, 0.3) is 0 Å². The first-order valence-corrected chi connectivity index (χ1v) is 9.91. The van der Waals surface area contributed by atoms with Crippen LogP contribution < -0.4 is 10.2 Å². The van der Waals surface area contributed by atoms with Crippen molar-refractivity contribution >= 4 is 5.69 Å². The van der Waals surface area contributed by atoms with E-state index in [1.165, 1.54) is 5.69 Å². The van der Waals surface area contributed by atoms with Gasteiger partial charge in [0.1, 0.15) is 0 Å². The summed E-state index contributed by atoms with van der Waals surface area (Å²) in [5, 5.41) is 14.2. The third-order valence-electron chi connectivity index (χ3n) is 6.45. The summed E-state index contributed by atoms with van der Waals surface area (Å²) >= 11 is 0. The van der Waals surface area contributed by atoms with E-state index in [4.69, 9.17) is 0 Å². The molecule has 1 aromatic rings. The summed E-state index contributed by atoms with van der Waals surface area (Å²) in [5.74, 6) is 0.407. The lowest BCUT2D eigenvalue weighted by molar-refractivity contribution is -0.0891. The maximum absolute atomic E-state index is 10.8. The van der Waals surface area contributed by atoms with Crippen LogP contribution in [0.4, 0.5) is 5.69 Å². The number of nitrogens with zero attached hydrogens (tertiary/aromatic N) is 3. The Morgan fingerprint density at radius 1 is 0.960 bits per heavy atom. The van der Waals surface area contributed by atoms with Gasteiger partial charge in [-0.15, -0.1) is 0 Å². The van der Waals surface area contributed by atoms with Crippen LogP contribution in [-0.4, -0.2) is 86.0 Å². The van der Waals surface area contributed by atoms with Crippen molar-refractivity contribution in [3.8, 4) is 0 Å². The molecular weight excluding hydrogens is 312 g/mol. The van der Waals surface area contributed by atoms with E-state index in [0.29, 0.717) is 5.92 Å². The molecule has 5 heteroatoms. The molecule has 2 atom stereocenters. The summed E-state index contributed by atoms with van der Waals surface area (Å²) < 4.78 is 0. The molecule has 0 spiro atoms. The molecule has 0 saturated carbocycles. The third kappa shape index (κ3) is 4.00. The van der Waals surface area contributed by atoms with E-state index in [9.17, 15) is 5.11 Å². The van der Waals surface area contributed by atoms with Gasteiger partial charge in [-0.1, -0.05) is 18.2 Å². The van der Waals surface area contributed by atoms with Crippen molar-refractivity contribution in [1.82, 2.24) is 15.1 Å². The fourth-order valence-corrected chi connectivity index (χ4v) is 4.65. The highest BCUT2D eigenvalue weighted by molar-refractivity contribution is 5.46. The second-order valence-electron chi connectivity index (χ2n) is 7.97. The lowest BCUT2D eigenvalue weighted by Gasteiger charge is -2.48. The smallest absolute Gasteiger partial charge is 0.0724 e. The number of piperidine rings is 2. The van der Waals surface area contributed by atoms with Crippen molar-refractivity contribution in [3.63, 3.8) is 0 Å². The van der Waals surface area contributed by atoms with E-state index in [0.717, 1.165) is 78.3 Å². The predicted molar refractivity (Wildman–Crippen MR) is 102 cm³/mol. The molecule has 138 valence electrons. The van der Waals surface area contributed by atoms with Crippen LogP contribution in [0.1, 0.15) is 12.8 Å². The molecule has 3 saturated heterocycles. The number of hydrogen-bond donors (Lipinski definition) is 2. The van der Waals surface area contributed by atoms with Crippen molar-refractivity contribution in [2.24, 2.45) is 5.92 Å². The highest BCUT2D eigenvalue weighted by Gasteiger charge is 2.42. The maximum atomic E-state index is 10.8. The molecule has 2 N–H and O–H groups in total. The minimum atomic E-state index is -0.400. The molecule has 3 fully saturated rings. The van der Waals surface area contributed by atoms with E-state index in [-0.39, 0.29) is 0 Å². The molecule has 5 nitrogen and oxygen atoms in total. The zero-order valence-corrected chi connectivity index (χ0v) is 15.2. The number of para-hydroxylation sites is 1. The first kappa shape index (κ1) is 17.3. The Morgan fingerprint density at radius 2 is 1.72 bits per heavy atom. The predicted octanol–water partition coefficient (Wildman–Crippen LogP) is 0.855. The Kier molecular flexibility index (Phi) is 5.27. The minimum Gasteiger partial charge on any atom is -0.389 e. The number of rotatable bonds is 4. The fraction of sp³-hybridized carbons (Fsp3) is 0.700. The Balaban J connectivity index is 1.21. The molecule has 3 aliphatic rings. The zero-order valence-electron chi connectivity index (χ0n) is 15.2. The van der Waals surface area contributed by atoms with E-state index in [1.807, 2.05) is 0 Å². The Morgan fingerprint density at radius 3 is 2.52 bits per heavy atom. The quantitative estimate of drug-likeness (QED) is 0.848. The van der Waals surface area contributed by atoms with Gasteiger partial charge in [-0.3, -0.25) is 4.90 Å². The minimum absolute atomic E-state index is 0.400. The fourth-order valence-electron chi connectivity index (χ4n) is 4.65. The van der Waals surface area contributed by atoms with Gasteiger partial charge in [0.15, 0.2) is 0 Å². The van der Waals surface area contributed by atoms with E-state index in [1.54, 1.807) is 0 Å². The molecule has 4 rings (SSSR count). The van der Waals surface area contributed by atoms with Crippen molar-refractivity contribution in [3.05, 3.63) is 30.3 Å². The normalized spacial score (nSPS) is 31.7. The first-order valence-electron chi connectivity index (χ1n) is 9.91. The first-order chi connectivity index (χ1) is 12.2. The largest absolute Gasteiger partial charge is 0.389 e. The van der Waals surface area contributed by atoms with Crippen LogP contribution in [-0.2, 0) is 0 Å². The molecular formula is C20H32N4O. The standard InChI is InChI=1S/C20H32N4O/c25-20-6-8-21-16-18(20)17-23(9-7-20)11-10-22-12-14-24(15-13-22)19-4-2-1-3-5-19/h1-5,18,21,25H,6-17H2/t18-,20-/m0/s1. The second kappa shape index (κ2) is 7.62. The molecule has 3 heterocycles. The summed E-state index contributed by atoms with van der Waals surface area (Å²) in [6, 6.07) is 10.8. The average molecular weight is 345 g/mol. The van der Waals surface area contributed by atoms with Crippen LogP contribution in [0.2, 0.25) is 0 Å². The van der Waals surface area contributed by atoms with Crippen LogP contribution in [0.5, 0.6) is 0 Å². The van der Waals surface area contributed by atoms with Crippen LogP contribution in [0, 0.1) is 5.92 Å². The van der Waals surface area contributed by atoms with Crippen LogP contribution >= 0.6 is 0 Å². The molecule has 3 aliphatic heterocycles. The van der Waals surface area contributed by atoms with Gasteiger partial charge in [-0.25, -0.2) is 0 Å². The summed E-state index contributed by atoms with van der Waals surface area (Å²) in [6.45, 7) is 10.9. The van der Waals surface area contributed by atoms with E-state index in [2.05, 4.69) is 50.3 Å². The van der Waals surface area contributed by atoms with Gasteiger partial charge in [0.2, 0.25) is 0 Å². The van der Waals surface area contributed by atoms with Gasteiger partial charge in [0.05, 0.1) is 5.60 Å². The summed E-state index contributed by atoms with van der Waals surface area (Å²) in [4.78, 5) is 7.65. The Labute approximate surface area is 151 Å². The topological polar surface area (TPSA) is 42.0 Å². The molecule has 0 bridgehead atoms. The number of anilines is 1. The number of hydrogen-bond acceptors (Lipinski definition) is 5. The van der Waals surface area contributed by atoms with E-state index >= 15 is 0 Å². The molecule has 0 aromatic heterocycles. The average Bonchev–Trinajstić information content (AvgIpc) is 2.67. The highest BCUT2D eigenvalue weighted by Crippen LogP contribution is 2.32. The van der Waals surface area contributed by atoms with Crippen molar-refractivity contribution < 1.29 is 5.11 Å².